The molecular weight excluding hydrogens is 295 g/mol. The highest BCUT2D eigenvalue weighted by Crippen LogP contribution is 2.33. The van der Waals surface area contributed by atoms with Crippen LogP contribution in [0.1, 0.15) is 5.56 Å². The minimum atomic E-state index is 0.470. The number of methoxy groups -OCH3 is 1. The molecule has 5 nitrogen and oxygen atoms in total. The van der Waals surface area contributed by atoms with Crippen LogP contribution in [-0.4, -0.2) is 22.0 Å². The summed E-state index contributed by atoms with van der Waals surface area (Å²) in [5.41, 5.74) is 3.97. The van der Waals surface area contributed by atoms with Crippen molar-refractivity contribution in [3.8, 4) is 5.75 Å². The number of halogens is 2. The maximum atomic E-state index is 6.04. The monoisotopic (exact) mass is 304 g/mol. The van der Waals surface area contributed by atoms with E-state index in [0.29, 0.717) is 27.1 Å². The summed E-state index contributed by atoms with van der Waals surface area (Å²) in [7, 11) is 1.52. The smallest absolute Gasteiger partial charge is 0.214 e. The number of H-pyrrole nitrogens is 1. The molecule has 0 radical (unpaired) electrons. The minimum Gasteiger partial charge on any atom is -0.494 e. The number of aromatic amines is 1. The first kappa shape index (κ1) is 13.2. The lowest BCUT2D eigenvalue weighted by Crippen LogP contribution is -2.13. The zero-order chi connectivity index (χ0) is 13.1. The Labute approximate surface area is 119 Å². The van der Waals surface area contributed by atoms with Crippen molar-refractivity contribution in [3.05, 3.63) is 38.8 Å². The number of nitrogens with zero attached hydrogens (tertiary/aromatic N) is 2. The lowest BCUT2D eigenvalue weighted by atomic mass is 10.2. The van der Waals surface area contributed by atoms with Gasteiger partial charge in [0.25, 0.3) is 0 Å². The van der Waals surface area contributed by atoms with Crippen molar-refractivity contribution in [1.82, 2.24) is 14.9 Å². The van der Waals surface area contributed by atoms with Crippen LogP contribution in [0, 0.1) is 4.77 Å². The fourth-order valence-electron chi connectivity index (χ4n) is 1.45. The third-order valence-corrected chi connectivity index (χ3v) is 3.12. The molecule has 0 amide bonds. The molecule has 1 aromatic carbocycles. The lowest BCUT2D eigenvalue weighted by molar-refractivity contribution is 0.415. The van der Waals surface area contributed by atoms with Gasteiger partial charge >= 0.3 is 0 Å². The van der Waals surface area contributed by atoms with Crippen LogP contribution < -0.4 is 10.2 Å². The summed E-state index contributed by atoms with van der Waals surface area (Å²) in [6, 6.07) is 3.56. The van der Waals surface area contributed by atoms with Gasteiger partial charge in [0.2, 0.25) is 4.77 Å². The first-order chi connectivity index (χ1) is 8.61. The summed E-state index contributed by atoms with van der Waals surface area (Å²) < 4.78 is 7.16. The number of hydrogen-bond acceptors (Lipinski definition) is 4. The van der Waals surface area contributed by atoms with Crippen LogP contribution in [0.4, 0.5) is 0 Å². The third-order valence-electron chi connectivity index (χ3n) is 2.27. The molecule has 96 valence electrons. The van der Waals surface area contributed by atoms with Crippen LogP contribution in [0.5, 0.6) is 5.75 Å². The molecule has 0 spiro atoms. The molecule has 1 aromatic heterocycles. The highest BCUT2D eigenvalue weighted by atomic mass is 35.5. The Morgan fingerprint density at radius 3 is 2.61 bits per heavy atom. The fraction of sp³-hybridized carbons (Fsp3) is 0.200. The number of benzene rings is 1. The second-order valence-corrected chi connectivity index (χ2v) is 4.66. The number of ether oxygens (including phenoxy) is 1. The molecule has 0 saturated heterocycles. The fourth-order valence-corrected chi connectivity index (χ4v) is 2.30. The van der Waals surface area contributed by atoms with E-state index < -0.39 is 0 Å². The van der Waals surface area contributed by atoms with Gasteiger partial charge in [0.1, 0.15) is 6.33 Å². The van der Waals surface area contributed by atoms with Crippen LogP contribution in [0.15, 0.2) is 18.5 Å². The van der Waals surface area contributed by atoms with Crippen molar-refractivity contribution in [2.24, 2.45) is 0 Å². The SMILES string of the molecule is COc1c(Cl)cc(CNn2cn[nH]c2=S)cc1Cl. The van der Waals surface area contributed by atoms with E-state index in [2.05, 4.69) is 15.6 Å². The molecule has 2 N–H and O–H groups in total. The Morgan fingerprint density at radius 2 is 2.11 bits per heavy atom. The van der Waals surface area contributed by atoms with Crippen LogP contribution >= 0.6 is 35.4 Å². The summed E-state index contributed by atoms with van der Waals surface area (Å²) in [6.07, 6.45) is 1.55. The van der Waals surface area contributed by atoms with E-state index in [1.54, 1.807) is 23.1 Å². The highest BCUT2D eigenvalue weighted by molar-refractivity contribution is 7.71. The maximum Gasteiger partial charge on any atom is 0.214 e. The molecule has 0 aliphatic heterocycles. The molecule has 0 atom stereocenters. The zero-order valence-electron chi connectivity index (χ0n) is 9.41. The molecule has 2 aromatic rings. The van der Waals surface area contributed by atoms with Crippen molar-refractivity contribution in [3.63, 3.8) is 0 Å². The average Bonchev–Trinajstić information content (AvgIpc) is 2.72. The number of aromatic nitrogens is 3. The van der Waals surface area contributed by atoms with Gasteiger partial charge < -0.3 is 10.2 Å². The Balaban J connectivity index is 2.16. The summed E-state index contributed by atoms with van der Waals surface area (Å²) in [4.78, 5) is 0. The van der Waals surface area contributed by atoms with Gasteiger partial charge in [-0.3, -0.25) is 5.10 Å². The van der Waals surface area contributed by atoms with Crippen LogP contribution in [-0.2, 0) is 6.54 Å². The largest absolute Gasteiger partial charge is 0.494 e. The Morgan fingerprint density at radius 1 is 1.44 bits per heavy atom. The van der Waals surface area contributed by atoms with E-state index in [4.69, 9.17) is 40.2 Å². The quantitative estimate of drug-likeness (QED) is 0.853. The van der Waals surface area contributed by atoms with Crippen molar-refractivity contribution < 1.29 is 4.74 Å². The molecule has 0 fully saturated rings. The van der Waals surface area contributed by atoms with E-state index in [1.807, 2.05) is 0 Å². The van der Waals surface area contributed by atoms with Crippen molar-refractivity contribution in [1.29, 1.82) is 0 Å². The lowest BCUT2D eigenvalue weighted by Gasteiger charge is -2.10. The van der Waals surface area contributed by atoms with E-state index in [9.17, 15) is 0 Å². The van der Waals surface area contributed by atoms with Crippen molar-refractivity contribution in [2.45, 2.75) is 6.54 Å². The van der Waals surface area contributed by atoms with Gasteiger partial charge in [-0.15, -0.1) is 0 Å². The molecule has 0 bridgehead atoms. The second kappa shape index (κ2) is 5.60. The van der Waals surface area contributed by atoms with Gasteiger partial charge in [0.05, 0.1) is 23.7 Å². The standard InChI is InChI=1S/C10H10Cl2N4OS/c1-17-9-7(11)2-6(3-8(9)12)4-14-16-5-13-15-10(16)18/h2-3,5,14H,4H2,1H3,(H,15,18). The van der Waals surface area contributed by atoms with Crippen LogP contribution in [0.3, 0.4) is 0 Å². The summed E-state index contributed by atoms with van der Waals surface area (Å²) in [5, 5.41) is 7.37. The third kappa shape index (κ3) is 2.77. The van der Waals surface area contributed by atoms with Crippen molar-refractivity contribution in [2.75, 3.05) is 12.5 Å². The predicted octanol–water partition coefficient (Wildman–Crippen LogP) is 3.00. The van der Waals surface area contributed by atoms with Gasteiger partial charge in [0, 0.05) is 0 Å². The molecule has 8 heteroatoms. The number of hydrogen-bond donors (Lipinski definition) is 2. The van der Waals surface area contributed by atoms with Gasteiger partial charge in [-0.25, -0.2) is 4.68 Å². The summed E-state index contributed by atoms with van der Waals surface area (Å²) >= 11 is 17.1. The topological polar surface area (TPSA) is 54.9 Å². The minimum absolute atomic E-state index is 0.470. The maximum absolute atomic E-state index is 6.04. The van der Waals surface area contributed by atoms with Gasteiger partial charge in [-0.2, -0.15) is 5.10 Å². The molecule has 18 heavy (non-hydrogen) atoms. The Bertz CT molecular complexity index is 587. The van der Waals surface area contributed by atoms with E-state index in [0.717, 1.165) is 5.56 Å². The van der Waals surface area contributed by atoms with E-state index in [1.165, 1.54) is 7.11 Å². The Hall–Kier alpha value is -1.24. The van der Waals surface area contributed by atoms with E-state index in [-0.39, 0.29) is 0 Å². The molecule has 0 aliphatic rings. The molecule has 0 unspecified atom stereocenters. The first-order valence-electron chi connectivity index (χ1n) is 4.99. The van der Waals surface area contributed by atoms with Gasteiger partial charge in [0.15, 0.2) is 5.75 Å². The van der Waals surface area contributed by atoms with Gasteiger partial charge in [-0.05, 0) is 29.9 Å². The highest BCUT2D eigenvalue weighted by Gasteiger charge is 2.08. The molecule has 0 aliphatic carbocycles. The zero-order valence-corrected chi connectivity index (χ0v) is 11.7. The summed E-state index contributed by atoms with van der Waals surface area (Å²) in [5.74, 6) is 0.474. The van der Waals surface area contributed by atoms with Gasteiger partial charge in [-0.1, -0.05) is 23.2 Å². The molecular formula is C10H10Cl2N4OS. The number of nitrogens with one attached hydrogen (secondary N) is 2. The normalized spacial score (nSPS) is 10.4. The molecule has 2 rings (SSSR count). The van der Waals surface area contributed by atoms with E-state index >= 15 is 0 Å². The molecule has 1 heterocycles. The number of rotatable bonds is 4. The predicted molar refractivity (Wildman–Crippen MR) is 73.5 cm³/mol. The average molecular weight is 305 g/mol. The summed E-state index contributed by atoms with van der Waals surface area (Å²) in [6.45, 7) is 0.511. The Kier molecular flexibility index (Phi) is 4.11. The molecule has 0 saturated carbocycles. The first-order valence-corrected chi connectivity index (χ1v) is 6.16. The van der Waals surface area contributed by atoms with Crippen molar-refractivity contribution >= 4 is 35.4 Å². The van der Waals surface area contributed by atoms with Crippen LogP contribution in [0.25, 0.3) is 0 Å². The second-order valence-electron chi connectivity index (χ2n) is 3.46. The van der Waals surface area contributed by atoms with Crippen LogP contribution in [0.2, 0.25) is 10.0 Å².